The summed E-state index contributed by atoms with van der Waals surface area (Å²) in [4.78, 5) is 16.5. The largest absolute Gasteiger partial charge is 0.385 e. The Balaban J connectivity index is 2.05. The second-order valence-electron chi connectivity index (χ2n) is 5.49. The van der Waals surface area contributed by atoms with E-state index < -0.39 is 0 Å². The number of nitrogens with one attached hydrogen (secondary N) is 2. The maximum absolute atomic E-state index is 12.3. The molecule has 0 radical (unpaired) electrons. The first-order valence-electron chi connectivity index (χ1n) is 7.19. The minimum atomic E-state index is -0.314. The van der Waals surface area contributed by atoms with Gasteiger partial charge in [-0.2, -0.15) is 0 Å². The van der Waals surface area contributed by atoms with Gasteiger partial charge in [0.25, 0.3) is 5.91 Å². The lowest BCUT2D eigenvalue weighted by atomic mass is 9.94. The standard InChI is InChI=1S/C15H23N3O2/c1-4-7-16-12-5-8-17-13(10-12)14(19)18-15(3)6-9-20-11(15)2/h5,8,10-11H,4,6-7,9H2,1-3H3,(H,16,17)(H,18,19). The predicted octanol–water partition coefficient (Wildman–Crippen LogP) is 2.20. The molecule has 0 aromatic carbocycles. The van der Waals surface area contributed by atoms with E-state index in [9.17, 15) is 4.79 Å². The minimum Gasteiger partial charge on any atom is -0.385 e. The van der Waals surface area contributed by atoms with Crippen molar-refractivity contribution in [1.29, 1.82) is 0 Å². The molecule has 20 heavy (non-hydrogen) atoms. The Morgan fingerprint density at radius 2 is 2.40 bits per heavy atom. The molecule has 1 aliphatic rings. The molecule has 1 saturated heterocycles. The van der Waals surface area contributed by atoms with Crippen molar-refractivity contribution in [3.05, 3.63) is 24.0 Å². The van der Waals surface area contributed by atoms with Gasteiger partial charge in [0.2, 0.25) is 0 Å². The van der Waals surface area contributed by atoms with Crippen LogP contribution in [0.3, 0.4) is 0 Å². The number of anilines is 1. The van der Waals surface area contributed by atoms with Gasteiger partial charge >= 0.3 is 0 Å². The summed E-state index contributed by atoms with van der Waals surface area (Å²) < 4.78 is 5.53. The summed E-state index contributed by atoms with van der Waals surface area (Å²) in [6.07, 6.45) is 3.54. The molecule has 0 spiro atoms. The third kappa shape index (κ3) is 3.28. The van der Waals surface area contributed by atoms with Crippen LogP contribution in [0.2, 0.25) is 0 Å². The second kappa shape index (κ2) is 6.22. The van der Waals surface area contributed by atoms with Crippen LogP contribution >= 0.6 is 0 Å². The molecular weight excluding hydrogens is 254 g/mol. The van der Waals surface area contributed by atoms with Gasteiger partial charge in [-0.05, 0) is 38.8 Å². The zero-order valence-corrected chi connectivity index (χ0v) is 12.4. The van der Waals surface area contributed by atoms with Gasteiger partial charge in [-0.3, -0.25) is 9.78 Å². The summed E-state index contributed by atoms with van der Waals surface area (Å²) in [5.41, 5.74) is 1.05. The second-order valence-corrected chi connectivity index (χ2v) is 5.49. The average Bonchev–Trinajstić information content (AvgIpc) is 2.76. The highest BCUT2D eigenvalue weighted by molar-refractivity contribution is 5.93. The molecule has 5 heteroatoms. The Bertz CT molecular complexity index is 478. The number of pyridine rings is 1. The zero-order chi connectivity index (χ0) is 14.6. The van der Waals surface area contributed by atoms with Crippen LogP contribution in [0.25, 0.3) is 0 Å². The van der Waals surface area contributed by atoms with Crippen molar-refractivity contribution in [3.63, 3.8) is 0 Å². The highest BCUT2D eigenvalue weighted by atomic mass is 16.5. The molecule has 1 fully saturated rings. The van der Waals surface area contributed by atoms with Crippen molar-refractivity contribution in [1.82, 2.24) is 10.3 Å². The van der Waals surface area contributed by atoms with Gasteiger partial charge in [0.1, 0.15) is 5.69 Å². The van der Waals surface area contributed by atoms with E-state index in [1.807, 2.05) is 19.9 Å². The molecule has 5 nitrogen and oxygen atoms in total. The molecule has 1 aromatic heterocycles. The number of aromatic nitrogens is 1. The molecule has 2 atom stereocenters. The molecule has 0 bridgehead atoms. The normalized spacial score (nSPS) is 25.4. The Kier molecular flexibility index (Phi) is 4.60. The van der Waals surface area contributed by atoms with E-state index in [1.165, 1.54) is 0 Å². The molecule has 2 heterocycles. The van der Waals surface area contributed by atoms with Crippen LogP contribution < -0.4 is 10.6 Å². The monoisotopic (exact) mass is 277 g/mol. The van der Waals surface area contributed by atoms with Gasteiger partial charge in [-0.15, -0.1) is 0 Å². The average molecular weight is 277 g/mol. The van der Waals surface area contributed by atoms with Gasteiger partial charge < -0.3 is 15.4 Å². The van der Waals surface area contributed by atoms with Crippen molar-refractivity contribution in [2.75, 3.05) is 18.5 Å². The first-order valence-corrected chi connectivity index (χ1v) is 7.19. The summed E-state index contributed by atoms with van der Waals surface area (Å²) in [6.45, 7) is 7.67. The first-order chi connectivity index (χ1) is 9.55. The predicted molar refractivity (Wildman–Crippen MR) is 78.9 cm³/mol. The number of nitrogens with zero attached hydrogens (tertiary/aromatic N) is 1. The van der Waals surface area contributed by atoms with Crippen LogP contribution in [0.15, 0.2) is 18.3 Å². The van der Waals surface area contributed by atoms with Gasteiger partial charge in [-0.25, -0.2) is 0 Å². The highest BCUT2D eigenvalue weighted by Gasteiger charge is 2.38. The van der Waals surface area contributed by atoms with Crippen molar-refractivity contribution in [2.45, 2.75) is 45.3 Å². The van der Waals surface area contributed by atoms with Crippen LogP contribution in [-0.2, 0) is 4.74 Å². The molecule has 1 amide bonds. The lowest BCUT2D eigenvalue weighted by Crippen LogP contribution is -2.50. The van der Waals surface area contributed by atoms with Gasteiger partial charge in [0.05, 0.1) is 11.6 Å². The zero-order valence-electron chi connectivity index (χ0n) is 12.4. The molecule has 2 unspecified atom stereocenters. The van der Waals surface area contributed by atoms with Gasteiger partial charge in [-0.1, -0.05) is 6.92 Å². The Morgan fingerprint density at radius 3 is 3.05 bits per heavy atom. The molecule has 0 saturated carbocycles. The number of hydrogen-bond acceptors (Lipinski definition) is 4. The molecule has 1 aromatic rings. The SMILES string of the molecule is CCCNc1ccnc(C(=O)NC2(C)CCOC2C)c1. The summed E-state index contributed by atoms with van der Waals surface area (Å²) in [6, 6.07) is 3.66. The number of carbonyl (C=O) groups excluding carboxylic acids is 1. The van der Waals surface area contributed by atoms with Gasteiger partial charge in [0.15, 0.2) is 0 Å². The third-order valence-electron chi connectivity index (χ3n) is 3.86. The molecule has 1 aliphatic heterocycles. The van der Waals surface area contributed by atoms with Crippen LogP contribution in [0.1, 0.15) is 44.1 Å². The molecule has 110 valence electrons. The van der Waals surface area contributed by atoms with E-state index >= 15 is 0 Å². The van der Waals surface area contributed by atoms with Crippen LogP contribution in [0.4, 0.5) is 5.69 Å². The Labute approximate surface area is 120 Å². The Hall–Kier alpha value is -1.62. The molecule has 2 rings (SSSR count). The summed E-state index contributed by atoms with van der Waals surface area (Å²) >= 11 is 0. The number of hydrogen-bond donors (Lipinski definition) is 2. The van der Waals surface area contributed by atoms with E-state index in [-0.39, 0.29) is 17.6 Å². The van der Waals surface area contributed by atoms with Crippen molar-refractivity contribution in [2.24, 2.45) is 0 Å². The van der Waals surface area contributed by atoms with E-state index in [1.54, 1.807) is 12.3 Å². The fraction of sp³-hybridized carbons (Fsp3) is 0.600. The molecular formula is C15H23N3O2. The van der Waals surface area contributed by atoms with Gasteiger partial charge in [0, 0.05) is 25.0 Å². The van der Waals surface area contributed by atoms with Crippen molar-refractivity contribution >= 4 is 11.6 Å². The summed E-state index contributed by atoms with van der Waals surface area (Å²) in [7, 11) is 0. The van der Waals surface area contributed by atoms with Crippen LogP contribution in [0.5, 0.6) is 0 Å². The number of amides is 1. The quantitative estimate of drug-likeness (QED) is 0.866. The van der Waals surface area contributed by atoms with Crippen molar-refractivity contribution in [3.8, 4) is 0 Å². The smallest absolute Gasteiger partial charge is 0.270 e. The van der Waals surface area contributed by atoms with E-state index in [4.69, 9.17) is 4.74 Å². The minimum absolute atomic E-state index is 0.0212. The maximum Gasteiger partial charge on any atom is 0.270 e. The number of rotatable bonds is 5. The fourth-order valence-corrected chi connectivity index (χ4v) is 2.26. The van der Waals surface area contributed by atoms with Crippen molar-refractivity contribution < 1.29 is 9.53 Å². The van der Waals surface area contributed by atoms with Crippen LogP contribution in [0, 0.1) is 0 Å². The lowest BCUT2D eigenvalue weighted by molar-refractivity contribution is 0.0724. The molecule has 0 aliphatic carbocycles. The lowest BCUT2D eigenvalue weighted by Gasteiger charge is -2.28. The fourth-order valence-electron chi connectivity index (χ4n) is 2.26. The van der Waals surface area contributed by atoms with Crippen LogP contribution in [-0.4, -0.2) is 35.7 Å². The topological polar surface area (TPSA) is 63.2 Å². The number of ether oxygens (including phenoxy) is 1. The van der Waals surface area contributed by atoms with E-state index in [2.05, 4.69) is 22.5 Å². The third-order valence-corrected chi connectivity index (χ3v) is 3.86. The Morgan fingerprint density at radius 1 is 1.60 bits per heavy atom. The van der Waals surface area contributed by atoms with E-state index in [0.29, 0.717) is 12.3 Å². The number of carbonyl (C=O) groups is 1. The summed E-state index contributed by atoms with van der Waals surface area (Å²) in [5, 5.41) is 6.31. The maximum atomic E-state index is 12.3. The van der Waals surface area contributed by atoms with E-state index in [0.717, 1.165) is 25.1 Å². The molecule has 2 N–H and O–H groups in total. The first kappa shape index (κ1) is 14.8. The highest BCUT2D eigenvalue weighted by Crippen LogP contribution is 2.25. The summed E-state index contributed by atoms with van der Waals surface area (Å²) in [5.74, 6) is -0.148.